The van der Waals surface area contributed by atoms with Crippen molar-refractivity contribution >= 4 is 0 Å². The zero-order valence-electron chi connectivity index (χ0n) is 9.49. The van der Waals surface area contributed by atoms with Gasteiger partial charge in [-0.05, 0) is 11.8 Å². The van der Waals surface area contributed by atoms with E-state index < -0.39 is 0 Å². The molecule has 0 saturated heterocycles. The van der Waals surface area contributed by atoms with Crippen LogP contribution < -0.4 is 0 Å². The minimum atomic E-state index is 0.367. The van der Waals surface area contributed by atoms with E-state index in [0.29, 0.717) is 11.3 Å². The van der Waals surface area contributed by atoms with Crippen molar-refractivity contribution in [3.63, 3.8) is 0 Å². The first-order valence-electron chi connectivity index (χ1n) is 5.17. The Hall–Kier alpha value is -0.990. The molecule has 1 aromatic rings. The summed E-state index contributed by atoms with van der Waals surface area (Å²) in [4.78, 5) is 12.2. The van der Waals surface area contributed by atoms with Gasteiger partial charge in [-0.25, -0.2) is 15.0 Å². The van der Waals surface area contributed by atoms with Gasteiger partial charge in [-0.15, -0.1) is 0 Å². The van der Waals surface area contributed by atoms with Crippen molar-refractivity contribution in [2.75, 3.05) is 0 Å². The normalized spacial score (nSPS) is 14.0. The second-order valence-electron chi connectivity index (χ2n) is 4.62. The molecule has 14 heavy (non-hydrogen) atoms. The molecule has 0 radical (unpaired) electrons. The predicted molar refractivity (Wildman–Crippen MR) is 56.9 cm³/mol. The average Bonchev–Trinajstić information content (AvgIpc) is 2.19. The lowest BCUT2D eigenvalue weighted by Crippen LogP contribution is -2.15. The molecule has 0 bridgehead atoms. The number of nitrogens with zero attached hydrogens (tertiary/aromatic N) is 3. The second kappa shape index (κ2) is 4.49. The zero-order chi connectivity index (χ0) is 10.6. The minimum Gasteiger partial charge on any atom is -0.225 e. The lowest BCUT2D eigenvalue weighted by molar-refractivity contribution is 0.295. The van der Waals surface area contributed by atoms with E-state index >= 15 is 0 Å². The molecule has 0 spiro atoms. The van der Waals surface area contributed by atoms with Gasteiger partial charge >= 0.3 is 0 Å². The van der Waals surface area contributed by atoms with Crippen LogP contribution in [0.2, 0.25) is 0 Å². The lowest BCUT2D eigenvalue weighted by Gasteiger charge is -2.25. The highest BCUT2D eigenvalue weighted by molar-refractivity contribution is 4.93. The summed E-state index contributed by atoms with van der Waals surface area (Å²) in [6.45, 7) is 8.96. The number of aromatic nitrogens is 3. The number of hydrogen-bond acceptors (Lipinski definition) is 3. The van der Waals surface area contributed by atoms with E-state index in [1.807, 2.05) is 0 Å². The Morgan fingerprint density at radius 3 is 2.36 bits per heavy atom. The van der Waals surface area contributed by atoms with E-state index in [1.54, 1.807) is 12.7 Å². The first kappa shape index (κ1) is 11.1. The second-order valence-corrected chi connectivity index (χ2v) is 4.62. The summed E-state index contributed by atoms with van der Waals surface area (Å²) in [5.74, 6) is 1.31. The Balaban J connectivity index is 2.64. The molecule has 1 heterocycles. The van der Waals surface area contributed by atoms with E-state index in [2.05, 4.69) is 42.6 Å². The summed E-state index contributed by atoms with van der Waals surface area (Å²) in [6.07, 6.45) is 5.44. The summed E-state index contributed by atoms with van der Waals surface area (Å²) < 4.78 is 0. The van der Waals surface area contributed by atoms with Crippen LogP contribution in [0.3, 0.4) is 0 Å². The van der Waals surface area contributed by atoms with Crippen LogP contribution in [0.4, 0.5) is 0 Å². The highest BCUT2D eigenvalue weighted by Gasteiger charge is 2.21. The van der Waals surface area contributed by atoms with Crippen LogP contribution in [0.15, 0.2) is 12.7 Å². The van der Waals surface area contributed by atoms with E-state index in [0.717, 1.165) is 12.2 Å². The van der Waals surface area contributed by atoms with Crippen molar-refractivity contribution in [1.82, 2.24) is 15.0 Å². The lowest BCUT2D eigenvalue weighted by atomic mass is 9.81. The molecule has 1 unspecified atom stereocenters. The van der Waals surface area contributed by atoms with E-state index in [9.17, 15) is 0 Å². The van der Waals surface area contributed by atoms with Crippen LogP contribution in [0.1, 0.15) is 52.3 Å². The van der Waals surface area contributed by atoms with Gasteiger partial charge in [-0.1, -0.05) is 34.1 Å². The molecule has 1 atom stereocenters. The monoisotopic (exact) mass is 193 g/mol. The smallest absolute Gasteiger partial charge is 0.134 e. The number of hydrogen-bond donors (Lipinski definition) is 0. The summed E-state index contributed by atoms with van der Waals surface area (Å²) in [7, 11) is 0. The maximum Gasteiger partial charge on any atom is 0.134 e. The molecule has 0 N–H and O–H groups in total. The van der Waals surface area contributed by atoms with Gasteiger partial charge in [-0.2, -0.15) is 0 Å². The van der Waals surface area contributed by atoms with Gasteiger partial charge in [0.25, 0.3) is 0 Å². The molecule has 3 nitrogen and oxygen atoms in total. The van der Waals surface area contributed by atoms with Crippen LogP contribution in [0, 0.1) is 5.41 Å². The molecule has 0 fully saturated rings. The zero-order valence-corrected chi connectivity index (χ0v) is 9.49. The van der Waals surface area contributed by atoms with Crippen molar-refractivity contribution in [1.29, 1.82) is 0 Å². The van der Waals surface area contributed by atoms with Gasteiger partial charge in [-0.3, -0.25) is 0 Å². The third kappa shape index (κ3) is 3.05. The molecule has 3 heteroatoms. The SMILES string of the molecule is CCC(C)(C)CC(C)c1ncncn1. The Labute approximate surface area is 86.0 Å². The summed E-state index contributed by atoms with van der Waals surface area (Å²) in [5, 5.41) is 0. The highest BCUT2D eigenvalue weighted by atomic mass is 15.0. The molecule has 0 aliphatic rings. The van der Waals surface area contributed by atoms with Gasteiger partial charge < -0.3 is 0 Å². The van der Waals surface area contributed by atoms with Crippen LogP contribution >= 0.6 is 0 Å². The predicted octanol–water partition coefficient (Wildman–Crippen LogP) is 2.80. The van der Waals surface area contributed by atoms with Crippen LogP contribution in [-0.4, -0.2) is 15.0 Å². The van der Waals surface area contributed by atoms with Gasteiger partial charge in [0.2, 0.25) is 0 Å². The minimum absolute atomic E-state index is 0.367. The Bertz CT molecular complexity index is 269. The first-order valence-corrected chi connectivity index (χ1v) is 5.17. The molecule has 0 aromatic carbocycles. The van der Waals surface area contributed by atoms with Crippen molar-refractivity contribution in [2.24, 2.45) is 5.41 Å². The third-order valence-corrected chi connectivity index (χ3v) is 2.77. The molecule has 1 aromatic heterocycles. The van der Waals surface area contributed by atoms with Crippen molar-refractivity contribution in [3.8, 4) is 0 Å². The van der Waals surface area contributed by atoms with E-state index in [1.165, 1.54) is 6.42 Å². The Kier molecular flexibility index (Phi) is 3.55. The fourth-order valence-electron chi connectivity index (χ4n) is 1.57. The third-order valence-electron chi connectivity index (χ3n) is 2.77. The average molecular weight is 193 g/mol. The van der Waals surface area contributed by atoms with Gasteiger partial charge in [0.15, 0.2) is 0 Å². The number of rotatable bonds is 4. The summed E-state index contributed by atoms with van der Waals surface area (Å²) >= 11 is 0. The van der Waals surface area contributed by atoms with Crippen molar-refractivity contribution < 1.29 is 0 Å². The summed E-state index contributed by atoms with van der Waals surface area (Å²) in [5.41, 5.74) is 0.367. The van der Waals surface area contributed by atoms with Crippen LogP contribution in [0.5, 0.6) is 0 Å². The molecule has 0 aliphatic heterocycles. The molecule has 78 valence electrons. The fourth-order valence-corrected chi connectivity index (χ4v) is 1.57. The highest BCUT2D eigenvalue weighted by Crippen LogP contribution is 2.32. The molecule has 0 saturated carbocycles. The molecule has 0 amide bonds. The molecular formula is C11H19N3. The van der Waals surface area contributed by atoms with E-state index in [4.69, 9.17) is 0 Å². The summed E-state index contributed by atoms with van der Waals surface area (Å²) in [6, 6.07) is 0. The van der Waals surface area contributed by atoms with Crippen LogP contribution in [0.25, 0.3) is 0 Å². The van der Waals surface area contributed by atoms with Crippen molar-refractivity contribution in [3.05, 3.63) is 18.5 Å². The molecule has 1 rings (SSSR count). The largest absolute Gasteiger partial charge is 0.225 e. The Morgan fingerprint density at radius 2 is 1.86 bits per heavy atom. The molecular weight excluding hydrogens is 174 g/mol. The standard InChI is InChI=1S/C11H19N3/c1-5-11(3,4)6-9(2)10-13-7-12-8-14-10/h7-9H,5-6H2,1-4H3. The maximum absolute atomic E-state index is 4.17. The Morgan fingerprint density at radius 1 is 1.29 bits per heavy atom. The van der Waals surface area contributed by atoms with Gasteiger partial charge in [0.05, 0.1) is 0 Å². The topological polar surface area (TPSA) is 38.7 Å². The van der Waals surface area contributed by atoms with Crippen LogP contribution in [-0.2, 0) is 0 Å². The van der Waals surface area contributed by atoms with Gasteiger partial charge in [0.1, 0.15) is 18.5 Å². The van der Waals surface area contributed by atoms with Gasteiger partial charge in [0, 0.05) is 5.92 Å². The quantitative estimate of drug-likeness (QED) is 0.738. The van der Waals surface area contributed by atoms with Crippen molar-refractivity contribution in [2.45, 2.75) is 46.5 Å². The first-order chi connectivity index (χ1) is 6.55. The molecule has 0 aliphatic carbocycles. The maximum atomic E-state index is 4.17. The van der Waals surface area contributed by atoms with E-state index in [-0.39, 0.29) is 0 Å². The fraction of sp³-hybridized carbons (Fsp3) is 0.727.